The number of carbonyl (C=O) groups is 2. The molecule has 0 radical (unpaired) electrons. The fourth-order valence-electron chi connectivity index (χ4n) is 10.7. The van der Waals surface area contributed by atoms with Crippen molar-refractivity contribution in [2.45, 2.75) is 236 Å². The zero-order chi connectivity index (χ0) is 61.2. The van der Waals surface area contributed by atoms with Crippen molar-refractivity contribution in [1.82, 2.24) is 10.6 Å². The smallest absolute Gasteiger partial charge is 0.217 e. The van der Waals surface area contributed by atoms with Crippen LogP contribution in [0.5, 0.6) is 0 Å². The van der Waals surface area contributed by atoms with Crippen LogP contribution in [0.25, 0.3) is 0 Å². The minimum Gasteiger partial charge on any atom is -0.394 e. The Morgan fingerprint density at radius 3 is 1.16 bits per heavy atom. The molecule has 7 rings (SSSR count). The lowest BCUT2D eigenvalue weighted by Gasteiger charge is -2.51. The highest BCUT2D eigenvalue weighted by atomic mass is 16.8. The van der Waals surface area contributed by atoms with Crippen LogP contribution in [0.4, 0.5) is 0 Å². The summed E-state index contributed by atoms with van der Waals surface area (Å²) in [6.07, 6.45) is -64.4. The molecule has 37 heteroatoms. The minimum atomic E-state index is -2.30. The second-order valence-corrected chi connectivity index (χ2v) is 21.0. The van der Waals surface area contributed by atoms with Crippen molar-refractivity contribution in [3.05, 3.63) is 0 Å². The number of carbonyl (C=O) groups excluding carboxylic acids is 2. The van der Waals surface area contributed by atoms with Gasteiger partial charge in [-0.1, -0.05) is 0 Å². The number of ether oxygens (including phenoxy) is 13. The van der Waals surface area contributed by atoms with Gasteiger partial charge in [0.25, 0.3) is 0 Å². The predicted octanol–water partition coefficient (Wildman–Crippen LogP) is -15.0. The van der Waals surface area contributed by atoms with E-state index in [2.05, 4.69) is 10.6 Å². The van der Waals surface area contributed by atoms with Crippen LogP contribution in [0.15, 0.2) is 0 Å². The van der Waals surface area contributed by atoms with Crippen molar-refractivity contribution in [2.75, 3.05) is 39.6 Å². The normalized spacial score (nSPS) is 50.8. The first-order valence-electron chi connectivity index (χ1n) is 26.5. The minimum absolute atomic E-state index is 0.805. The van der Waals surface area contributed by atoms with E-state index < -0.39 is 266 Å². The molecule has 7 saturated heterocycles. The van der Waals surface area contributed by atoms with Gasteiger partial charge in [0.05, 0.1) is 45.7 Å². The summed E-state index contributed by atoms with van der Waals surface area (Å²) in [6.45, 7) is -2.90. The molecule has 37 nitrogen and oxygen atoms in total. The van der Waals surface area contributed by atoms with Crippen molar-refractivity contribution in [1.29, 1.82) is 0 Å². The first kappa shape index (κ1) is 68.1. The van der Waals surface area contributed by atoms with Crippen molar-refractivity contribution < 1.29 is 173 Å². The molecule has 0 spiro atoms. The largest absolute Gasteiger partial charge is 0.394 e. The summed E-state index contributed by atoms with van der Waals surface area (Å²) >= 11 is 0. The summed E-state index contributed by atoms with van der Waals surface area (Å²) in [7, 11) is 0. The van der Waals surface area contributed by atoms with E-state index in [1.165, 1.54) is 6.92 Å². The molecule has 0 unspecified atom stereocenters. The maximum Gasteiger partial charge on any atom is 0.217 e. The van der Waals surface area contributed by atoms with Gasteiger partial charge in [0, 0.05) is 13.8 Å². The first-order chi connectivity index (χ1) is 39.2. The van der Waals surface area contributed by atoms with Crippen LogP contribution in [-0.2, 0) is 71.2 Å². The number of hydrogen-bond donors (Lipinski definition) is 22. The first-order valence-corrected chi connectivity index (χ1v) is 26.5. The van der Waals surface area contributed by atoms with Gasteiger partial charge < -0.3 is 174 Å². The third-order valence-corrected chi connectivity index (χ3v) is 15.3. The summed E-state index contributed by atoms with van der Waals surface area (Å²) in [5, 5.41) is 221. The molecule has 482 valence electrons. The highest BCUT2D eigenvalue weighted by Gasteiger charge is 2.60. The maximum atomic E-state index is 12.9. The molecule has 0 saturated carbocycles. The SMILES string of the molecule is CC(=O)N[C@H]1[C@H](O[C@H]2[C@@H](O)[C@@H](CO)O[C@@H](O[C@H]3[C@@H](O)[C@@H](CO)O[C@@H](O[C@H]4[C@H](O)[C@@H](O)[C@H](O)O[C@@H]4CO)[C@@H]3O)[C@@H]2O)O[C@H](CO)[C@@H](O[C@@H]2O[C@H](CO)[C@H](O)[C@H](O[C@H]3O[C@H](CO)[C@H](O)[C@H](O)[C@H]3NC(C)=O)[C@H]2O[C@@H]2O[C@@H](C)[C@@H](O)[C@@H](O)[C@@H]2O)[C@@H]1O. The second-order valence-electron chi connectivity index (χ2n) is 21.0. The zero-order valence-electron chi connectivity index (χ0n) is 44.5. The highest BCUT2D eigenvalue weighted by Crippen LogP contribution is 2.39. The average molecular weight is 1220 g/mol. The van der Waals surface area contributed by atoms with Crippen molar-refractivity contribution in [2.24, 2.45) is 0 Å². The molecular formula is C46H78N2O35. The molecule has 0 aliphatic carbocycles. The Hall–Kier alpha value is -2.38. The van der Waals surface area contributed by atoms with Gasteiger partial charge in [0.2, 0.25) is 11.8 Å². The summed E-state index contributed by atoms with van der Waals surface area (Å²) in [4.78, 5) is 25.2. The van der Waals surface area contributed by atoms with Crippen LogP contribution in [0.1, 0.15) is 20.8 Å². The van der Waals surface area contributed by atoms with Crippen molar-refractivity contribution >= 4 is 11.8 Å². The Bertz CT molecular complexity index is 2050. The zero-order valence-corrected chi connectivity index (χ0v) is 44.5. The van der Waals surface area contributed by atoms with Gasteiger partial charge in [0.1, 0.15) is 165 Å². The van der Waals surface area contributed by atoms with E-state index in [0.717, 1.165) is 13.8 Å². The number of aliphatic hydroxyl groups excluding tert-OH is 20. The Morgan fingerprint density at radius 2 is 0.663 bits per heavy atom. The van der Waals surface area contributed by atoms with E-state index in [1.807, 2.05) is 0 Å². The monoisotopic (exact) mass is 1220 g/mol. The molecule has 7 fully saturated rings. The van der Waals surface area contributed by atoms with E-state index in [0.29, 0.717) is 0 Å². The van der Waals surface area contributed by atoms with E-state index >= 15 is 0 Å². The predicted molar refractivity (Wildman–Crippen MR) is 254 cm³/mol. The topological polar surface area (TPSA) is 583 Å². The molecule has 83 heavy (non-hydrogen) atoms. The number of hydrogen-bond acceptors (Lipinski definition) is 35. The Morgan fingerprint density at radius 1 is 0.313 bits per heavy atom. The van der Waals surface area contributed by atoms with Gasteiger partial charge in [-0.15, -0.1) is 0 Å². The third-order valence-electron chi connectivity index (χ3n) is 15.3. The van der Waals surface area contributed by atoms with Gasteiger partial charge in [-0.25, -0.2) is 0 Å². The van der Waals surface area contributed by atoms with Crippen LogP contribution in [0.2, 0.25) is 0 Å². The molecule has 7 aliphatic heterocycles. The molecule has 0 aromatic heterocycles. The highest BCUT2D eigenvalue weighted by molar-refractivity contribution is 5.73. The van der Waals surface area contributed by atoms with Crippen molar-refractivity contribution in [3.63, 3.8) is 0 Å². The second kappa shape index (κ2) is 29.3. The third kappa shape index (κ3) is 14.5. The fraction of sp³-hybridized carbons (Fsp3) is 0.957. The van der Waals surface area contributed by atoms with E-state index in [9.17, 15) is 112 Å². The maximum absolute atomic E-state index is 12.9. The molecule has 2 amide bonds. The fourth-order valence-corrected chi connectivity index (χ4v) is 10.7. The Kier molecular flexibility index (Phi) is 24.0. The molecule has 35 atom stereocenters. The lowest BCUT2D eigenvalue weighted by molar-refractivity contribution is -0.403. The van der Waals surface area contributed by atoms with E-state index in [1.54, 1.807) is 0 Å². The number of rotatable bonds is 20. The van der Waals surface area contributed by atoms with Crippen LogP contribution in [-0.4, -0.2) is 368 Å². The van der Waals surface area contributed by atoms with Crippen LogP contribution < -0.4 is 10.6 Å². The summed E-state index contributed by atoms with van der Waals surface area (Å²) in [5.41, 5.74) is 0. The molecule has 22 N–H and O–H groups in total. The van der Waals surface area contributed by atoms with Crippen molar-refractivity contribution in [3.8, 4) is 0 Å². The average Bonchev–Trinajstić information content (AvgIpc) is 2.71. The molecule has 0 aromatic carbocycles. The summed E-state index contributed by atoms with van der Waals surface area (Å²) in [6, 6.07) is -3.60. The molecular weight excluding hydrogens is 1140 g/mol. The molecule has 7 heterocycles. The van der Waals surface area contributed by atoms with Gasteiger partial charge in [0.15, 0.2) is 44.0 Å². The van der Waals surface area contributed by atoms with E-state index in [4.69, 9.17) is 61.6 Å². The summed E-state index contributed by atoms with van der Waals surface area (Å²) in [5.74, 6) is -1.73. The van der Waals surface area contributed by atoms with Crippen LogP contribution in [0, 0.1) is 0 Å². The van der Waals surface area contributed by atoms with Crippen LogP contribution in [0.3, 0.4) is 0 Å². The number of nitrogens with one attached hydrogen (secondary N) is 2. The molecule has 0 bridgehead atoms. The summed E-state index contributed by atoms with van der Waals surface area (Å²) < 4.78 is 75.4. The quantitative estimate of drug-likeness (QED) is 0.0538. The lowest BCUT2D eigenvalue weighted by Crippen LogP contribution is -2.71. The van der Waals surface area contributed by atoms with Gasteiger partial charge in [-0.2, -0.15) is 0 Å². The molecule has 7 aliphatic rings. The Labute approximate surface area is 470 Å². The van der Waals surface area contributed by atoms with Gasteiger partial charge >= 0.3 is 0 Å². The standard InChI is InChI=1S/C46H78N2O35/c1-10-21(57)28(64)31(67)43(71-10)83-39-38(82-41-19(47-11(2)55)26(62)22(58)13(4-49)73-41)25(61)16(7-52)76-46(39)79-34-18(9-54)77-42(20(27(34)63)48-12(3)56)80-36-23(59)14(5-50)75-45(32(36)68)81-37-24(60)15(6-51)74-44(33(37)69)78-35-17(8-53)72-40(70)30(66)29(35)65/h10,13-46,49-54,57-70H,4-9H2,1-3H3,(H,47,55)(H,48,56)/t10-,13+,14+,15+,16+,17+,18+,19+,20+,21+,22-,23-,24-,25-,26+,27+,28+,29+,30+,31-,32+,33+,34+,35+,36-,37-,38-,39+,40+,41+,42-,43-,44-,45-,46-/m0/s1. The van der Waals surface area contributed by atoms with Crippen LogP contribution >= 0.6 is 0 Å². The van der Waals surface area contributed by atoms with Gasteiger partial charge in [-0.3, -0.25) is 9.59 Å². The Balaban J connectivity index is 1.16. The van der Waals surface area contributed by atoms with Gasteiger partial charge in [-0.05, 0) is 6.92 Å². The molecule has 0 aromatic rings. The van der Waals surface area contributed by atoms with E-state index in [-0.39, 0.29) is 0 Å². The number of aliphatic hydroxyl groups is 20. The lowest BCUT2D eigenvalue weighted by atomic mass is 9.93. The number of amides is 2.